The Morgan fingerprint density at radius 1 is 1.00 bits per heavy atom. The van der Waals surface area contributed by atoms with Gasteiger partial charge in [0, 0.05) is 23.2 Å². The third-order valence-corrected chi connectivity index (χ3v) is 5.42. The molecule has 0 aliphatic rings. The molecular weight excluding hydrogens is 400 g/mol. The van der Waals surface area contributed by atoms with Crippen molar-refractivity contribution in [1.29, 1.82) is 0 Å². The van der Waals surface area contributed by atoms with Gasteiger partial charge in [0.2, 0.25) is 0 Å². The van der Waals surface area contributed by atoms with Crippen molar-refractivity contribution in [2.24, 2.45) is 5.73 Å². The van der Waals surface area contributed by atoms with Crippen molar-refractivity contribution in [2.45, 2.75) is 32.4 Å². The number of aliphatic hydroxyl groups excluding tert-OH is 1. The molecule has 4 aromatic rings. The van der Waals surface area contributed by atoms with Crippen LogP contribution in [0.25, 0.3) is 28.0 Å². The summed E-state index contributed by atoms with van der Waals surface area (Å²) >= 11 is 0. The Labute approximate surface area is 188 Å². The molecule has 0 saturated carbocycles. The average molecular weight is 431 g/mol. The van der Waals surface area contributed by atoms with Gasteiger partial charge in [0.15, 0.2) is 5.82 Å². The van der Waals surface area contributed by atoms with Gasteiger partial charge in [0.25, 0.3) is 0 Å². The maximum Gasteiger partial charge on any atom is 0.154 e. The van der Waals surface area contributed by atoms with E-state index >= 15 is 0 Å². The number of aliphatic hydroxyl groups is 1. The summed E-state index contributed by atoms with van der Waals surface area (Å²) in [6.45, 7) is 1.39. The number of hydrogen-bond acceptors (Lipinski definition) is 6. The van der Waals surface area contributed by atoms with E-state index in [0.29, 0.717) is 18.1 Å². The van der Waals surface area contributed by atoms with Crippen LogP contribution in [-0.4, -0.2) is 50.4 Å². The third kappa shape index (κ3) is 4.85. The molecule has 0 unspecified atom stereocenters. The van der Waals surface area contributed by atoms with Gasteiger partial charge in [0.1, 0.15) is 0 Å². The Morgan fingerprint density at radius 2 is 1.81 bits per heavy atom. The summed E-state index contributed by atoms with van der Waals surface area (Å²) in [6.07, 6.45) is 4.86. The molecule has 7 nitrogen and oxygen atoms in total. The van der Waals surface area contributed by atoms with Crippen LogP contribution >= 0.6 is 0 Å². The minimum Gasteiger partial charge on any atom is -0.390 e. The normalized spacial score (nSPS) is 11.5. The van der Waals surface area contributed by atoms with Crippen molar-refractivity contribution in [3.63, 3.8) is 0 Å². The molecule has 0 aliphatic carbocycles. The largest absolute Gasteiger partial charge is 0.390 e. The zero-order valence-corrected chi connectivity index (χ0v) is 18.7. The number of hydrogen-bond donors (Lipinski definition) is 2. The second-order valence-electron chi connectivity index (χ2n) is 8.27. The van der Waals surface area contributed by atoms with E-state index < -0.39 is 0 Å². The Morgan fingerprint density at radius 3 is 2.59 bits per heavy atom. The molecule has 0 saturated heterocycles. The van der Waals surface area contributed by atoms with Crippen molar-refractivity contribution in [2.75, 3.05) is 20.6 Å². The van der Waals surface area contributed by atoms with Gasteiger partial charge in [-0.1, -0.05) is 12.1 Å². The van der Waals surface area contributed by atoms with Gasteiger partial charge in [-0.15, -0.1) is 0 Å². The van der Waals surface area contributed by atoms with Crippen molar-refractivity contribution < 1.29 is 5.11 Å². The predicted octanol–water partition coefficient (Wildman–Crippen LogP) is 3.32. The van der Waals surface area contributed by atoms with E-state index in [4.69, 9.17) is 10.7 Å². The second kappa shape index (κ2) is 9.99. The Hall–Kier alpha value is -3.13. The first-order valence-electron chi connectivity index (χ1n) is 11.0. The predicted molar refractivity (Wildman–Crippen MR) is 127 cm³/mol. The lowest BCUT2D eigenvalue weighted by Crippen LogP contribution is -2.11. The van der Waals surface area contributed by atoms with Crippen LogP contribution < -0.4 is 5.73 Å². The maximum atomic E-state index is 9.50. The van der Waals surface area contributed by atoms with E-state index in [1.807, 2.05) is 23.0 Å². The van der Waals surface area contributed by atoms with Crippen LogP contribution in [0.1, 0.15) is 29.8 Å². The molecule has 0 radical (unpaired) electrons. The van der Waals surface area contributed by atoms with E-state index in [1.54, 1.807) is 6.07 Å². The molecule has 1 aromatic carbocycles. The van der Waals surface area contributed by atoms with Gasteiger partial charge in [-0.3, -0.25) is 4.98 Å². The van der Waals surface area contributed by atoms with Crippen LogP contribution in [0.5, 0.6) is 0 Å². The highest BCUT2D eigenvalue weighted by Gasteiger charge is 2.14. The highest BCUT2D eigenvalue weighted by Crippen LogP contribution is 2.29. The zero-order valence-electron chi connectivity index (χ0n) is 18.7. The number of pyridine rings is 2. The number of unbranched alkanes of at least 4 members (excludes halogenated alkanes) is 1. The molecule has 3 N–H and O–H groups in total. The van der Waals surface area contributed by atoms with E-state index in [-0.39, 0.29) is 6.61 Å². The fraction of sp³-hybridized carbons (Fsp3) is 0.320. The quantitative estimate of drug-likeness (QED) is 0.396. The van der Waals surface area contributed by atoms with Gasteiger partial charge in [-0.05, 0) is 81.9 Å². The Balaban J connectivity index is 1.82. The Bertz CT molecular complexity index is 1200. The number of rotatable bonds is 9. The summed E-state index contributed by atoms with van der Waals surface area (Å²) in [6, 6.07) is 16.1. The average Bonchev–Trinajstić information content (AvgIpc) is 3.23. The monoisotopic (exact) mass is 430 g/mol. The molecule has 0 amide bonds. The first kappa shape index (κ1) is 22.1. The molecule has 0 aliphatic heterocycles. The summed E-state index contributed by atoms with van der Waals surface area (Å²) < 4.78 is 1.84. The lowest BCUT2D eigenvalue weighted by Gasteiger charge is -2.14. The number of nitrogens with zero attached hydrogens (tertiary/aromatic N) is 5. The van der Waals surface area contributed by atoms with Crippen LogP contribution in [0.15, 0.2) is 54.7 Å². The molecular formula is C25H30N6O. The van der Waals surface area contributed by atoms with Gasteiger partial charge in [-0.25, -0.2) is 9.67 Å². The molecule has 4 rings (SSSR count). The first-order chi connectivity index (χ1) is 15.6. The smallest absolute Gasteiger partial charge is 0.154 e. The SMILES string of the molecule is CN(C)Cc1cc(-c2cccc(CCCCN)n2)cc2c1cnn2-c1cccc(CO)n1. The van der Waals surface area contributed by atoms with Crippen LogP contribution in [0.3, 0.4) is 0 Å². The number of aromatic nitrogens is 4. The fourth-order valence-electron chi connectivity index (χ4n) is 3.90. The topological polar surface area (TPSA) is 93.1 Å². The molecule has 0 fully saturated rings. The molecule has 3 heterocycles. The van der Waals surface area contributed by atoms with Gasteiger partial charge >= 0.3 is 0 Å². The molecule has 0 spiro atoms. The highest BCUT2D eigenvalue weighted by atomic mass is 16.3. The molecule has 3 aromatic heterocycles. The zero-order chi connectivity index (χ0) is 22.5. The third-order valence-electron chi connectivity index (χ3n) is 5.42. The summed E-state index contributed by atoms with van der Waals surface area (Å²) in [5.41, 5.74) is 11.5. The fourth-order valence-corrected chi connectivity index (χ4v) is 3.90. The second-order valence-corrected chi connectivity index (χ2v) is 8.27. The van der Waals surface area contributed by atoms with Gasteiger partial charge < -0.3 is 15.7 Å². The van der Waals surface area contributed by atoms with Crippen molar-refractivity contribution >= 4 is 10.9 Å². The van der Waals surface area contributed by atoms with Gasteiger partial charge in [0.05, 0.1) is 29.7 Å². The minimum absolute atomic E-state index is 0.106. The van der Waals surface area contributed by atoms with Crippen LogP contribution in [0, 0.1) is 0 Å². The highest BCUT2D eigenvalue weighted by molar-refractivity contribution is 5.88. The van der Waals surface area contributed by atoms with E-state index in [9.17, 15) is 5.11 Å². The van der Waals surface area contributed by atoms with Crippen LogP contribution in [0.2, 0.25) is 0 Å². The maximum absolute atomic E-state index is 9.50. The number of nitrogens with two attached hydrogens (primary N) is 1. The lowest BCUT2D eigenvalue weighted by atomic mass is 10.0. The number of benzene rings is 1. The lowest BCUT2D eigenvalue weighted by molar-refractivity contribution is 0.276. The van der Waals surface area contributed by atoms with E-state index in [0.717, 1.165) is 53.7 Å². The first-order valence-corrected chi connectivity index (χ1v) is 11.0. The summed E-state index contributed by atoms with van der Waals surface area (Å²) in [4.78, 5) is 11.6. The van der Waals surface area contributed by atoms with E-state index in [2.05, 4.69) is 59.4 Å². The summed E-state index contributed by atoms with van der Waals surface area (Å²) in [5, 5.41) is 15.2. The van der Waals surface area contributed by atoms with Crippen LogP contribution in [0.4, 0.5) is 0 Å². The molecule has 7 heteroatoms. The summed E-state index contributed by atoms with van der Waals surface area (Å²) in [7, 11) is 4.12. The Kier molecular flexibility index (Phi) is 6.90. The molecule has 0 atom stereocenters. The standard InChI is InChI=1S/C25H30N6O/c1-30(2)16-19-13-18(23-10-5-8-20(28-23)7-3-4-12-26)14-24-22(19)15-27-31(24)25-11-6-9-21(17-32)29-25/h5-6,8-11,13-15,32H,3-4,7,12,16-17,26H2,1-2H3. The molecule has 0 bridgehead atoms. The molecule has 32 heavy (non-hydrogen) atoms. The van der Waals surface area contributed by atoms with E-state index in [1.165, 1.54) is 5.56 Å². The van der Waals surface area contributed by atoms with Gasteiger partial charge in [-0.2, -0.15) is 5.10 Å². The van der Waals surface area contributed by atoms with Crippen molar-refractivity contribution in [1.82, 2.24) is 24.6 Å². The summed E-state index contributed by atoms with van der Waals surface area (Å²) in [5.74, 6) is 0.683. The van der Waals surface area contributed by atoms with Crippen molar-refractivity contribution in [3.05, 3.63) is 71.7 Å². The van der Waals surface area contributed by atoms with Crippen molar-refractivity contribution in [3.8, 4) is 17.1 Å². The van der Waals surface area contributed by atoms with Crippen LogP contribution in [-0.2, 0) is 19.6 Å². The number of aryl methyl sites for hydroxylation is 1. The minimum atomic E-state index is -0.106. The number of fused-ring (bicyclic) bond motifs is 1. The molecule has 166 valence electrons.